The van der Waals surface area contributed by atoms with E-state index in [0.29, 0.717) is 10.2 Å². The molecule has 6 nitrogen and oxygen atoms in total. The second kappa shape index (κ2) is 8.73. The molecular formula is C22H17BrN4O2S. The van der Waals surface area contributed by atoms with Gasteiger partial charge in [-0.05, 0) is 30.2 Å². The van der Waals surface area contributed by atoms with Gasteiger partial charge in [0.1, 0.15) is 11.4 Å². The van der Waals surface area contributed by atoms with E-state index in [0.717, 1.165) is 26.7 Å². The van der Waals surface area contributed by atoms with E-state index >= 15 is 0 Å². The van der Waals surface area contributed by atoms with Gasteiger partial charge in [-0.3, -0.25) is 14.2 Å². The van der Waals surface area contributed by atoms with Crippen LogP contribution in [0.3, 0.4) is 0 Å². The highest BCUT2D eigenvalue weighted by molar-refractivity contribution is 9.10. The summed E-state index contributed by atoms with van der Waals surface area (Å²) in [5.74, 6) is -0.404. The van der Waals surface area contributed by atoms with Crippen LogP contribution in [0.4, 0.5) is 0 Å². The standard InChI is InChI=1S/C22H17BrN4O2S/c1-14-2-6-16(7-3-14)18-12-30-21-20(18)22(29)27(13-24-21)11-19(28)26-25-10-15-4-8-17(23)9-5-15/h2-10,12-13H,11H2,1H3,(H,26,28)/b25-10-. The fourth-order valence-electron chi connectivity index (χ4n) is 2.94. The average molecular weight is 481 g/mol. The van der Waals surface area contributed by atoms with Crippen LogP contribution in [0.15, 0.2) is 74.6 Å². The van der Waals surface area contributed by atoms with Gasteiger partial charge in [-0.25, -0.2) is 10.4 Å². The number of carbonyl (C=O) groups excluding carboxylic acids is 1. The van der Waals surface area contributed by atoms with Gasteiger partial charge in [0, 0.05) is 15.4 Å². The molecule has 2 heterocycles. The Hall–Kier alpha value is -3.10. The molecule has 0 saturated heterocycles. The van der Waals surface area contributed by atoms with Gasteiger partial charge in [-0.2, -0.15) is 5.10 Å². The zero-order valence-corrected chi connectivity index (χ0v) is 18.4. The number of amides is 1. The highest BCUT2D eigenvalue weighted by atomic mass is 79.9. The van der Waals surface area contributed by atoms with Crippen molar-refractivity contribution in [3.05, 3.63) is 86.2 Å². The number of halogens is 1. The van der Waals surface area contributed by atoms with Crippen molar-refractivity contribution in [3.8, 4) is 11.1 Å². The lowest BCUT2D eigenvalue weighted by molar-refractivity contribution is -0.121. The van der Waals surface area contributed by atoms with Gasteiger partial charge in [-0.15, -0.1) is 11.3 Å². The molecule has 0 radical (unpaired) electrons. The largest absolute Gasteiger partial charge is 0.289 e. The highest BCUT2D eigenvalue weighted by Crippen LogP contribution is 2.30. The molecule has 30 heavy (non-hydrogen) atoms. The minimum atomic E-state index is -0.404. The number of carbonyl (C=O) groups is 1. The number of benzene rings is 2. The van der Waals surface area contributed by atoms with Crippen LogP contribution in [0, 0.1) is 6.92 Å². The Balaban J connectivity index is 1.54. The Labute approximate surface area is 185 Å². The summed E-state index contributed by atoms with van der Waals surface area (Å²) >= 11 is 4.78. The number of fused-ring (bicyclic) bond motifs is 1. The van der Waals surface area contributed by atoms with Gasteiger partial charge in [0.25, 0.3) is 11.5 Å². The van der Waals surface area contributed by atoms with Crippen molar-refractivity contribution >= 4 is 49.6 Å². The number of hydrazone groups is 1. The van der Waals surface area contributed by atoms with E-state index in [1.807, 2.05) is 60.8 Å². The Morgan fingerprint density at radius 2 is 1.93 bits per heavy atom. The molecule has 0 atom stereocenters. The fraction of sp³-hybridized carbons (Fsp3) is 0.0909. The molecule has 1 amide bonds. The van der Waals surface area contributed by atoms with E-state index in [1.54, 1.807) is 6.21 Å². The summed E-state index contributed by atoms with van der Waals surface area (Å²) < 4.78 is 2.27. The molecular weight excluding hydrogens is 464 g/mol. The maximum absolute atomic E-state index is 13.0. The van der Waals surface area contributed by atoms with Crippen molar-refractivity contribution in [1.29, 1.82) is 0 Å². The first-order chi connectivity index (χ1) is 14.5. The first-order valence-corrected chi connectivity index (χ1v) is 10.8. The minimum absolute atomic E-state index is 0.164. The molecule has 0 unspecified atom stereocenters. The van der Waals surface area contributed by atoms with Gasteiger partial charge in [0.15, 0.2) is 0 Å². The van der Waals surface area contributed by atoms with E-state index in [4.69, 9.17) is 0 Å². The Morgan fingerprint density at radius 3 is 2.67 bits per heavy atom. The van der Waals surface area contributed by atoms with Crippen LogP contribution in [0.25, 0.3) is 21.3 Å². The van der Waals surface area contributed by atoms with Crippen molar-refractivity contribution in [1.82, 2.24) is 15.0 Å². The molecule has 4 aromatic rings. The predicted octanol–water partition coefficient (Wildman–Crippen LogP) is 4.35. The van der Waals surface area contributed by atoms with E-state index in [-0.39, 0.29) is 12.1 Å². The zero-order valence-electron chi connectivity index (χ0n) is 16.0. The number of thiophene rings is 1. The third-order valence-corrected chi connectivity index (χ3v) is 5.93. The predicted molar refractivity (Wildman–Crippen MR) is 124 cm³/mol. The van der Waals surface area contributed by atoms with Crippen LogP contribution < -0.4 is 11.0 Å². The summed E-state index contributed by atoms with van der Waals surface area (Å²) in [4.78, 5) is 30.3. The number of aryl methyl sites for hydroxylation is 1. The Morgan fingerprint density at radius 1 is 1.20 bits per heavy atom. The maximum atomic E-state index is 13.0. The smallest absolute Gasteiger partial charge is 0.263 e. The molecule has 0 spiro atoms. The van der Waals surface area contributed by atoms with Crippen LogP contribution >= 0.6 is 27.3 Å². The summed E-state index contributed by atoms with van der Waals surface area (Å²) in [6.45, 7) is 1.85. The quantitative estimate of drug-likeness (QED) is 0.340. The number of hydrogen-bond acceptors (Lipinski definition) is 5. The van der Waals surface area contributed by atoms with Crippen LogP contribution in [-0.2, 0) is 11.3 Å². The third-order valence-electron chi connectivity index (χ3n) is 4.51. The first kappa shape index (κ1) is 20.2. The summed E-state index contributed by atoms with van der Waals surface area (Å²) in [5, 5.41) is 6.40. The number of nitrogens with zero attached hydrogens (tertiary/aromatic N) is 3. The topological polar surface area (TPSA) is 76.3 Å². The number of aromatic nitrogens is 2. The molecule has 1 N–H and O–H groups in total. The molecule has 0 bridgehead atoms. The summed E-state index contributed by atoms with van der Waals surface area (Å²) in [7, 11) is 0. The van der Waals surface area contributed by atoms with Crippen molar-refractivity contribution in [3.63, 3.8) is 0 Å². The molecule has 0 fully saturated rings. The normalized spacial score (nSPS) is 11.3. The van der Waals surface area contributed by atoms with E-state index in [2.05, 4.69) is 31.4 Å². The molecule has 0 aliphatic rings. The summed E-state index contributed by atoms with van der Waals surface area (Å²) in [5.41, 5.74) is 5.98. The van der Waals surface area contributed by atoms with Gasteiger partial charge in [0.2, 0.25) is 0 Å². The molecule has 2 aromatic carbocycles. The van der Waals surface area contributed by atoms with E-state index in [9.17, 15) is 9.59 Å². The highest BCUT2D eigenvalue weighted by Gasteiger charge is 2.14. The lowest BCUT2D eigenvalue weighted by Gasteiger charge is -2.05. The maximum Gasteiger partial charge on any atom is 0.263 e. The second-order valence-corrected chi connectivity index (χ2v) is 8.49. The number of rotatable bonds is 5. The van der Waals surface area contributed by atoms with Crippen LogP contribution in [0.5, 0.6) is 0 Å². The van der Waals surface area contributed by atoms with E-state index in [1.165, 1.54) is 22.2 Å². The van der Waals surface area contributed by atoms with Crippen molar-refractivity contribution < 1.29 is 4.79 Å². The van der Waals surface area contributed by atoms with E-state index < -0.39 is 5.91 Å². The molecule has 150 valence electrons. The Kier molecular flexibility index (Phi) is 5.87. The molecule has 2 aromatic heterocycles. The number of nitrogens with one attached hydrogen (secondary N) is 1. The molecule has 8 heteroatoms. The minimum Gasteiger partial charge on any atom is -0.289 e. The fourth-order valence-corrected chi connectivity index (χ4v) is 4.11. The number of hydrogen-bond donors (Lipinski definition) is 1. The van der Waals surface area contributed by atoms with Crippen molar-refractivity contribution in [2.75, 3.05) is 0 Å². The second-order valence-electron chi connectivity index (χ2n) is 6.72. The molecule has 4 rings (SSSR count). The van der Waals surface area contributed by atoms with Gasteiger partial charge in [-0.1, -0.05) is 57.9 Å². The third kappa shape index (κ3) is 4.39. The molecule has 0 saturated carbocycles. The molecule has 0 aliphatic heterocycles. The van der Waals surface area contributed by atoms with Gasteiger partial charge in [0.05, 0.1) is 17.9 Å². The van der Waals surface area contributed by atoms with Crippen LogP contribution in [0.1, 0.15) is 11.1 Å². The monoisotopic (exact) mass is 480 g/mol. The Bertz CT molecular complexity index is 1290. The lowest BCUT2D eigenvalue weighted by Crippen LogP contribution is -2.30. The SMILES string of the molecule is Cc1ccc(-c2csc3ncn(CC(=O)N/N=C\c4ccc(Br)cc4)c(=O)c23)cc1. The average Bonchev–Trinajstić information content (AvgIpc) is 3.17. The summed E-state index contributed by atoms with van der Waals surface area (Å²) in [6.07, 6.45) is 2.95. The van der Waals surface area contributed by atoms with Crippen molar-refractivity contribution in [2.24, 2.45) is 5.10 Å². The zero-order chi connectivity index (χ0) is 21.1. The van der Waals surface area contributed by atoms with Gasteiger partial charge >= 0.3 is 0 Å². The lowest BCUT2D eigenvalue weighted by atomic mass is 10.1. The van der Waals surface area contributed by atoms with Crippen LogP contribution in [0.2, 0.25) is 0 Å². The van der Waals surface area contributed by atoms with Crippen molar-refractivity contribution in [2.45, 2.75) is 13.5 Å². The molecule has 0 aliphatic carbocycles. The summed E-state index contributed by atoms with van der Waals surface area (Å²) in [6, 6.07) is 15.5. The van der Waals surface area contributed by atoms with Crippen LogP contribution in [-0.4, -0.2) is 21.7 Å². The first-order valence-electron chi connectivity index (χ1n) is 9.12. The van der Waals surface area contributed by atoms with Gasteiger partial charge < -0.3 is 0 Å².